The molecule has 1 unspecified atom stereocenters. The molecule has 8 nitrogen and oxygen atoms in total. The maximum Gasteiger partial charge on any atom is 0.148 e. The van der Waals surface area contributed by atoms with Gasteiger partial charge in [-0.3, -0.25) is 4.68 Å². The number of aryl methyl sites for hydroxylation is 1. The fourth-order valence-corrected chi connectivity index (χ4v) is 4.25. The highest BCUT2D eigenvalue weighted by atomic mass is 35.5. The molecule has 0 bridgehead atoms. The minimum Gasteiger partial charge on any atom is -0.482 e. The van der Waals surface area contributed by atoms with Crippen molar-refractivity contribution in [1.29, 1.82) is 0 Å². The zero-order valence-corrected chi connectivity index (χ0v) is 18.5. The molecule has 0 aromatic carbocycles. The molecule has 1 aliphatic rings. The third-order valence-electron chi connectivity index (χ3n) is 5.70. The molecule has 0 fully saturated rings. The summed E-state index contributed by atoms with van der Waals surface area (Å²) in [7, 11) is 0. The van der Waals surface area contributed by atoms with E-state index < -0.39 is 0 Å². The Balaban J connectivity index is 1.58. The van der Waals surface area contributed by atoms with E-state index in [4.69, 9.17) is 21.4 Å². The molecule has 1 atom stereocenters. The number of nitrogens with zero attached hydrogens (tertiary/aromatic N) is 6. The standard InChI is InChI=1S/C22H24ClN7O/c1-13-4-5-18(27-26-13)15(3)31-20-10-16(12-30-22(20)17(23)11-25-30)21-14(2)19-6-7-24-8-9-29(19)28-21/h4-5,10-12,15,24H,6-9H2,1-3H3. The average Bonchev–Trinajstić information content (AvgIpc) is 3.18. The Bertz CT molecular complexity index is 1250. The predicted octanol–water partition coefficient (Wildman–Crippen LogP) is 3.54. The molecule has 0 spiro atoms. The minimum absolute atomic E-state index is 0.302. The first-order valence-corrected chi connectivity index (χ1v) is 10.8. The van der Waals surface area contributed by atoms with Crippen molar-refractivity contribution >= 4 is 17.1 Å². The summed E-state index contributed by atoms with van der Waals surface area (Å²) < 4.78 is 10.2. The van der Waals surface area contributed by atoms with Crippen LogP contribution in [0.3, 0.4) is 0 Å². The van der Waals surface area contributed by atoms with Gasteiger partial charge in [0.05, 0.1) is 29.2 Å². The monoisotopic (exact) mass is 437 g/mol. The quantitative estimate of drug-likeness (QED) is 0.525. The van der Waals surface area contributed by atoms with E-state index in [-0.39, 0.29) is 6.10 Å². The van der Waals surface area contributed by atoms with E-state index in [0.29, 0.717) is 10.8 Å². The van der Waals surface area contributed by atoms with Crippen LogP contribution in [0.15, 0.2) is 30.6 Å². The molecule has 0 aliphatic carbocycles. The van der Waals surface area contributed by atoms with Gasteiger partial charge in [0.15, 0.2) is 0 Å². The minimum atomic E-state index is -0.302. The average molecular weight is 438 g/mol. The SMILES string of the molecule is Cc1ccc(C(C)Oc2cc(-c3nn4c(c3C)CCNCC4)cn3ncc(Cl)c23)nn1. The van der Waals surface area contributed by atoms with Gasteiger partial charge in [0.2, 0.25) is 0 Å². The Kier molecular flexibility index (Phi) is 5.11. The third kappa shape index (κ3) is 3.66. The number of rotatable bonds is 4. The van der Waals surface area contributed by atoms with Crippen LogP contribution in [0.1, 0.15) is 35.7 Å². The van der Waals surface area contributed by atoms with E-state index in [9.17, 15) is 0 Å². The van der Waals surface area contributed by atoms with Crippen molar-refractivity contribution in [3.05, 3.63) is 58.3 Å². The third-order valence-corrected chi connectivity index (χ3v) is 5.98. The van der Waals surface area contributed by atoms with Gasteiger partial charge in [0, 0.05) is 37.0 Å². The summed E-state index contributed by atoms with van der Waals surface area (Å²) in [5.74, 6) is 0.638. The molecule has 1 aliphatic heterocycles. The molecule has 0 saturated carbocycles. The molecule has 1 N–H and O–H groups in total. The largest absolute Gasteiger partial charge is 0.482 e. The van der Waals surface area contributed by atoms with Crippen LogP contribution in [-0.4, -0.2) is 42.7 Å². The first-order chi connectivity index (χ1) is 15.0. The predicted molar refractivity (Wildman–Crippen MR) is 119 cm³/mol. The Morgan fingerprint density at radius 2 is 2.06 bits per heavy atom. The van der Waals surface area contributed by atoms with E-state index >= 15 is 0 Å². The fourth-order valence-electron chi connectivity index (χ4n) is 4.02. The van der Waals surface area contributed by atoms with Crippen LogP contribution in [0.5, 0.6) is 5.75 Å². The smallest absolute Gasteiger partial charge is 0.148 e. The molecule has 5 rings (SSSR count). The molecule has 160 valence electrons. The Morgan fingerprint density at radius 3 is 2.87 bits per heavy atom. The Hall–Kier alpha value is -2.97. The van der Waals surface area contributed by atoms with Gasteiger partial charge in [-0.25, -0.2) is 4.52 Å². The van der Waals surface area contributed by atoms with Crippen LogP contribution >= 0.6 is 11.6 Å². The Morgan fingerprint density at radius 1 is 1.19 bits per heavy atom. The molecule has 0 radical (unpaired) electrons. The number of halogens is 1. The van der Waals surface area contributed by atoms with Gasteiger partial charge in [0.25, 0.3) is 0 Å². The maximum atomic E-state index is 6.44. The van der Waals surface area contributed by atoms with E-state index in [1.165, 1.54) is 11.3 Å². The highest BCUT2D eigenvalue weighted by molar-refractivity contribution is 6.34. The summed E-state index contributed by atoms with van der Waals surface area (Å²) in [4.78, 5) is 0. The van der Waals surface area contributed by atoms with Gasteiger partial charge >= 0.3 is 0 Å². The van der Waals surface area contributed by atoms with Crippen molar-refractivity contribution in [2.45, 2.75) is 39.8 Å². The van der Waals surface area contributed by atoms with Gasteiger partial charge in [-0.2, -0.15) is 20.4 Å². The lowest BCUT2D eigenvalue weighted by Crippen LogP contribution is -2.17. The summed E-state index contributed by atoms with van der Waals surface area (Å²) in [5.41, 5.74) is 6.68. The van der Waals surface area contributed by atoms with Crippen LogP contribution in [-0.2, 0) is 13.0 Å². The zero-order chi connectivity index (χ0) is 21.5. The van der Waals surface area contributed by atoms with Gasteiger partial charge in [-0.15, -0.1) is 0 Å². The van der Waals surface area contributed by atoms with Crippen LogP contribution in [0.25, 0.3) is 16.8 Å². The number of ether oxygens (including phenoxy) is 1. The van der Waals surface area contributed by atoms with Gasteiger partial charge in [0.1, 0.15) is 23.1 Å². The van der Waals surface area contributed by atoms with Crippen molar-refractivity contribution in [1.82, 2.24) is 34.9 Å². The number of aromatic nitrogens is 6. The van der Waals surface area contributed by atoms with Gasteiger partial charge in [-0.1, -0.05) is 11.6 Å². The molecule has 4 aromatic heterocycles. The molecular formula is C22H24ClN7O. The van der Waals surface area contributed by atoms with E-state index in [1.54, 1.807) is 10.7 Å². The van der Waals surface area contributed by atoms with E-state index in [0.717, 1.165) is 54.2 Å². The second-order valence-electron chi connectivity index (χ2n) is 7.88. The van der Waals surface area contributed by atoms with E-state index in [1.807, 2.05) is 38.2 Å². The normalized spacial score (nSPS) is 15.0. The number of nitrogens with one attached hydrogen (secondary N) is 1. The Labute approximate surface area is 185 Å². The molecule has 4 aromatic rings. The lowest BCUT2D eigenvalue weighted by atomic mass is 10.1. The second kappa shape index (κ2) is 7.94. The summed E-state index contributed by atoms with van der Waals surface area (Å²) in [6, 6.07) is 5.85. The summed E-state index contributed by atoms with van der Waals surface area (Å²) in [6.07, 6.45) is 4.24. The van der Waals surface area contributed by atoms with Crippen molar-refractivity contribution in [2.24, 2.45) is 0 Å². The molecule has 5 heterocycles. The van der Waals surface area contributed by atoms with Crippen molar-refractivity contribution < 1.29 is 4.74 Å². The van der Waals surface area contributed by atoms with Crippen molar-refractivity contribution in [2.75, 3.05) is 13.1 Å². The molecular weight excluding hydrogens is 414 g/mol. The molecule has 31 heavy (non-hydrogen) atoms. The van der Waals surface area contributed by atoms with Crippen molar-refractivity contribution in [3.8, 4) is 17.0 Å². The fraction of sp³-hybridized carbons (Fsp3) is 0.364. The number of pyridine rings is 1. The second-order valence-corrected chi connectivity index (χ2v) is 8.29. The van der Waals surface area contributed by atoms with Crippen LogP contribution in [0.4, 0.5) is 0 Å². The number of fused-ring (bicyclic) bond motifs is 2. The van der Waals surface area contributed by atoms with Crippen LogP contribution in [0, 0.1) is 13.8 Å². The highest BCUT2D eigenvalue weighted by Crippen LogP contribution is 2.35. The molecule has 0 saturated heterocycles. The maximum absolute atomic E-state index is 6.44. The van der Waals surface area contributed by atoms with Crippen LogP contribution < -0.4 is 10.1 Å². The lowest BCUT2D eigenvalue weighted by molar-refractivity contribution is 0.222. The number of hydrogen-bond acceptors (Lipinski definition) is 6. The van der Waals surface area contributed by atoms with Gasteiger partial charge in [-0.05, 0) is 44.5 Å². The van der Waals surface area contributed by atoms with E-state index in [2.05, 4.69) is 32.2 Å². The molecule has 0 amide bonds. The first kappa shape index (κ1) is 20.0. The van der Waals surface area contributed by atoms with Crippen molar-refractivity contribution in [3.63, 3.8) is 0 Å². The highest BCUT2D eigenvalue weighted by Gasteiger charge is 2.21. The van der Waals surface area contributed by atoms with Crippen LogP contribution in [0.2, 0.25) is 5.02 Å². The zero-order valence-electron chi connectivity index (χ0n) is 17.8. The lowest BCUT2D eigenvalue weighted by Gasteiger charge is -2.16. The molecule has 9 heteroatoms. The summed E-state index contributed by atoms with van der Waals surface area (Å²) >= 11 is 6.44. The van der Waals surface area contributed by atoms with Gasteiger partial charge < -0.3 is 10.1 Å². The summed E-state index contributed by atoms with van der Waals surface area (Å²) in [5, 5.41) is 21.7. The first-order valence-electron chi connectivity index (χ1n) is 10.4. The number of hydrogen-bond donors (Lipinski definition) is 1. The summed E-state index contributed by atoms with van der Waals surface area (Å²) in [6.45, 7) is 8.73. The topological polar surface area (TPSA) is 82.2 Å².